The molecule has 0 bridgehead atoms. The van der Waals surface area contributed by atoms with Crippen LogP contribution in [0.3, 0.4) is 0 Å². The Labute approximate surface area is 117 Å². The SMILES string of the molecule is OCC1COCCN1c1ccc(C(F)(F)F)cc1Br. The van der Waals surface area contributed by atoms with E-state index in [9.17, 15) is 18.3 Å². The van der Waals surface area contributed by atoms with Crippen LogP contribution in [0.4, 0.5) is 18.9 Å². The average molecular weight is 340 g/mol. The third-order valence-corrected chi connectivity index (χ3v) is 3.66. The van der Waals surface area contributed by atoms with E-state index in [1.54, 1.807) is 0 Å². The van der Waals surface area contributed by atoms with Gasteiger partial charge in [0.05, 0.1) is 37.1 Å². The lowest BCUT2D eigenvalue weighted by Gasteiger charge is -2.37. The second-order valence-electron chi connectivity index (χ2n) is 4.27. The van der Waals surface area contributed by atoms with Gasteiger partial charge in [-0.25, -0.2) is 0 Å². The predicted molar refractivity (Wildman–Crippen MR) is 68.2 cm³/mol. The maximum absolute atomic E-state index is 12.6. The van der Waals surface area contributed by atoms with Gasteiger partial charge in [-0.1, -0.05) is 0 Å². The second kappa shape index (κ2) is 5.68. The molecule has 1 N–H and O–H groups in total. The quantitative estimate of drug-likeness (QED) is 0.899. The van der Waals surface area contributed by atoms with Crippen LogP contribution in [0.2, 0.25) is 0 Å². The summed E-state index contributed by atoms with van der Waals surface area (Å²) in [7, 11) is 0. The topological polar surface area (TPSA) is 32.7 Å². The molecule has 1 atom stereocenters. The maximum Gasteiger partial charge on any atom is 0.416 e. The zero-order chi connectivity index (χ0) is 14.0. The number of morpholine rings is 1. The zero-order valence-corrected chi connectivity index (χ0v) is 11.5. The molecule has 1 heterocycles. The molecular weight excluding hydrogens is 327 g/mol. The van der Waals surface area contributed by atoms with Crippen molar-refractivity contribution in [1.29, 1.82) is 0 Å². The van der Waals surface area contributed by atoms with Crippen LogP contribution >= 0.6 is 15.9 Å². The number of aliphatic hydroxyl groups excluding tert-OH is 1. The molecule has 1 aliphatic rings. The van der Waals surface area contributed by atoms with Crippen molar-refractivity contribution < 1.29 is 23.0 Å². The number of aliphatic hydroxyl groups is 1. The van der Waals surface area contributed by atoms with Gasteiger partial charge in [0.1, 0.15) is 0 Å². The molecule has 1 unspecified atom stereocenters. The first kappa shape index (κ1) is 14.6. The predicted octanol–water partition coefficient (Wildman–Crippen LogP) is 2.67. The minimum atomic E-state index is -4.36. The fourth-order valence-electron chi connectivity index (χ4n) is 2.04. The Morgan fingerprint density at radius 1 is 1.42 bits per heavy atom. The maximum atomic E-state index is 12.6. The van der Waals surface area contributed by atoms with Crippen LogP contribution in [0, 0.1) is 0 Å². The number of ether oxygens (including phenoxy) is 1. The Hall–Kier alpha value is -0.790. The molecule has 0 aliphatic carbocycles. The largest absolute Gasteiger partial charge is 0.416 e. The van der Waals surface area contributed by atoms with Gasteiger partial charge in [0.25, 0.3) is 0 Å². The first-order valence-corrected chi connectivity index (χ1v) is 6.55. The monoisotopic (exact) mass is 339 g/mol. The van der Waals surface area contributed by atoms with E-state index in [1.807, 2.05) is 4.90 Å². The van der Waals surface area contributed by atoms with Crippen molar-refractivity contribution >= 4 is 21.6 Å². The number of anilines is 1. The van der Waals surface area contributed by atoms with Gasteiger partial charge in [-0.15, -0.1) is 0 Å². The normalized spacial score (nSPS) is 20.7. The fraction of sp³-hybridized carbons (Fsp3) is 0.500. The number of halogens is 4. The van der Waals surface area contributed by atoms with Crippen LogP contribution in [0.15, 0.2) is 22.7 Å². The van der Waals surface area contributed by atoms with Crippen LogP contribution in [0.5, 0.6) is 0 Å². The Morgan fingerprint density at radius 3 is 2.74 bits per heavy atom. The van der Waals surface area contributed by atoms with E-state index in [2.05, 4.69) is 15.9 Å². The van der Waals surface area contributed by atoms with Gasteiger partial charge in [-0.2, -0.15) is 13.2 Å². The van der Waals surface area contributed by atoms with Crippen LogP contribution in [0.1, 0.15) is 5.56 Å². The number of alkyl halides is 3. The highest BCUT2D eigenvalue weighted by molar-refractivity contribution is 9.10. The van der Waals surface area contributed by atoms with E-state index in [1.165, 1.54) is 6.07 Å². The summed E-state index contributed by atoms with van der Waals surface area (Å²) in [6.07, 6.45) is -4.36. The van der Waals surface area contributed by atoms with Crippen molar-refractivity contribution in [2.24, 2.45) is 0 Å². The molecule has 1 saturated heterocycles. The highest BCUT2D eigenvalue weighted by atomic mass is 79.9. The lowest BCUT2D eigenvalue weighted by Crippen LogP contribution is -2.47. The zero-order valence-electron chi connectivity index (χ0n) is 9.95. The summed E-state index contributed by atoms with van der Waals surface area (Å²) in [5.74, 6) is 0. The molecule has 7 heteroatoms. The smallest absolute Gasteiger partial charge is 0.394 e. The second-order valence-corrected chi connectivity index (χ2v) is 5.12. The van der Waals surface area contributed by atoms with Crippen molar-refractivity contribution in [3.63, 3.8) is 0 Å². The highest BCUT2D eigenvalue weighted by Gasteiger charge is 2.32. The van der Waals surface area contributed by atoms with Crippen LogP contribution in [-0.4, -0.2) is 37.5 Å². The molecule has 106 valence electrons. The van der Waals surface area contributed by atoms with E-state index in [0.29, 0.717) is 29.9 Å². The van der Waals surface area contributed by atoms with Crippen molar-refractivity contribution in [3.05, 3.63) is 28.2 Å². The molecule has 1 aromatic carbocycles. The van der Waals surface area contributed by atoms with E-state index in [0.717, 1.165) is 12.1 Å². The Morgan fingerprint density at radius 2 is 2.16 bits per heavy atom. The van der Waals surface area contributed by atoms with E-state index in [-0.39, 0.29) is 12.6 Å². The lowest BCUT2D eigenvalue weighted by molar-refractivity contribution is -0.137. The molecule has 3 nitrogen and oxygen atoms in total. The van der Waals surface area contributed by atoms with Crippen molar-refractivity contribution in [3.8, 4) is 0 Å². The molecule has 19 heavy (non-hydrogen) atoms. The Bertz CT molecular complexity index is 453. The van der Waals surface area contributed by atoms with Gasteiger partial charge < -0.3 is 14.7 Å². The van der Waals surface area contributed by atoms with Crippen molar-refractivity contribution in [2.45, 2.75) is 12.2 Å². The molecule has 1 aliphatic heterocycles. The third kappa shape index (κ3) is 3.21. The van der Waals surface area contributed by atoms with Gasteiger partial charge in [0, 0.05) is 11.0 Å². The third-order valence-electron chi connectivity index (χ3n) is 3.02. The minimum Gasteiger partial charge on any atom is -0.394 e. The summed E-state index contributed by atoms with van der Waals surface area (Å²) in [5.41, 5.74) is -0.0627. The molecule has 1 fully saturated rings. The Balaban J connectivity index is 2.30. The van der Waals surface area contributed by atoms with Crippen molar-refractivity contribution in [2.75, 3.05) is 31.3 Å². The molecular formula is C12H13BrF3NO2. The van der Waals surface area contributed by atoms with Crippen LogP contribution in [-0.2, 0) is 10.9 Å². The summed E-state index contributed by atoms with van der Waals surface area (Å²) in [6.45, 7) is 1.29. The van der Waals surface area contributed by atoms with Gasteiger partial charge in [0.2, 0.25) is 0 Å². The minimum absolute atomic E-state index is 0.104. The average Bonchev–Trinajstić information content (AvgIpc) is 2.37. The molecule has 0 aromatic heterocycles. The molecule has 0 spiro atoms. The number of hydrogen-bond acceptors (Lipinski definition) is 3. The highest BCUT2D eigenvalue weighted by Crippen LogP contribution is 2.36. The molecule has 0 radical (unpaired) electrons. The lowest BCUT2D eigenvalue weighted by atomic mass is 10.1. The first-order valence-electron chi connectivity index (χ1n) is 5.75. The molecule has 0 saturated carbocycles. The summed E-state index contributed by atoms with van der Waals surface area (Å²) in [6, 6.07) is 3.28. The standard InChI is InChI=1S/C12H13BrF3NO2/c13-10-5-8(12(14,15)16)1-2-11(10)17-3-4-19-7-9(17)6-18/h1-2,5,9,18H,3-4,6-7H2. The van der Waals surface area contributed by atoms with Gasteiger partial charge in [0.15, 0.2) is 0 Å². The number of benzene rings is 1. The van der Waals surface area contributed by atoms with E-state index in [4.69, 9.17) is 4.74 Å². The van der Waals surface area contributed by atoms with Gasteiger partial charge >= 0.3 is 6.18 Å². The van der Waals surface area contributed by atoms with Crippen molar-refractivity contribution in [1.82, 2.24) is 0 Å². The number of hydrogen-bond donors (Lipinski definition) is 1. The first-order chi connectivity index (χ1) is 8.93. The van der Waals surface area contributed by atoms with Crippen LogP contribution in [0.25, 0.3) is 0 Å². The van der Waals surface area contributed by atoms with Crippen LogP contribution < -0.4 is 4.90 Å². The summed E-state index contributed by atoms with van der Waals surface area (Å²) in [4.78, 5) is 1.85. The van der Waals surface area contributed by atoms with Gasteiger partial charge in [-0.3, -0.25) is 0 Å². The van der Waals surface area contributed by atoms with Gasteiger partial charge in [-0.05, 0) is 34.1 Å². The number of nitrogens with zero attached hydrogens (tertiary/aromatic N) is 1. The van der Waals surface area contributed by atoms with E-state index >= 15 is 0 Å². The molecule has 2 rings (SSSR count). The summed E-state index contributed by atoms with van der Waals surface area (Å²) in [5, 5.41) is 9.28. The fourth-order valence-corrected chi connectivity index (χ4v) is 2.65. The summed E-state index contributed by atoms with van der Waals surface area (Å²) >= 11 is 3.17. The number of rotatable bonds is 2. The van der Waals surface area contributed by atoms with E-state index < -0.39 is 11.7 Å². The Kier molecular flexibility index (Phi) is 4.37. The molecule has 0 amide bonds. The molecule has 1 aromatic rings. The summed E-state index contributed by atoms with van der Waals surface area (Å²) < 4.78 is 43.4.